The number of nitrogens with zero attached hydrogens (tertiary/aromatic N) is 4. The van der Waals surface area contributed by atoms with Crippen LogP contribution >= 0.6 is 0 Å². The second-order valence-electron chi connectivity index (χ2n) is 10.8. The van der Waals surface area contributed by atoms with Crippen LogP contribution in [-0.4, -0.2) is 52.6 Å². The summed E-state index contributed by atoms with van der Waals surface area (Å²) >= 11 is 0. The Morgan fingerprint density at radius 3 is 2.54 bits per heavy atom. The van der Waals surface area contributed by atoms with Crippen molar-refractivity contribution in [3.63, 3.8) is 0 Å². The predicted molar refractivity (Wildman–Crippen MR) is 142 cm³/mol. The lowest BCUT2D eigenvalue weighted by atomic mass is 10.2. The van der Waals surface area contributed by atoms with Crippen molar-refractivity contribution >= 4 is 41.9 Å². The minimum absolute atomic E-state index is 0.119. The van der Waals surface area contributed by atoms with E-state index in [4.69, 9.17) is 14.5 Å². The summed E-state index contributed by atoms with van der Waals surface area (Å²) < 4.78 is 29.7. The van der Waals surface area contributed by atoms with Crippen LogP contribution in [0.15, 0.2) is 30.3 Å². The van der Waals surface area contributed by atoms with Gasteiger partial charge in [0.2, 0.25) is 0 Å². The monoisotopic (exact) mass is 522 g/mol. The first-order valence-electron chi connectivity index (χ1n) is 12.5. The number of hydrogen-bond donors (Lipinski definition) is 0. The summed E-state index contributed by atoms with van der Waals surface area (Å²) in [6.45, 7) is 9.25. The van der Waals surface area contributed by atoms with Gasteiger partial charge in [-0.1, -0.05) is 19.6 Å². The topological polar surface area (TPSA) is 88.2 Å². The number of Topliss-reactive ketones (excluding diaryl/α,β-unsaturated/α-hetero) is 1. The molecule has 0 aliphatic heterocycles. The predicted octanol–water partition coefficient (Wildman–Crippen LogP) is 5.83. The van der Waals surface area contributed by atoms with Gasteiger partial charge in [0.05, 0.1) is 29.4 Å². The lowest BCUT2D eigenvalue weighted by Crippen LogP contribution is -2.22. The van der Waals surface area contributed by atoms with Crippen LogP contribution in [0.5, 0.6) is 0 Å². The number of halogens is 1. The summed E-state index contributed by atoms with van der Waals surface area (Å²) in [5.74, 6) is -0.856. The smallest absolute Gasteiger partial charge is 0.340 e. The second-order valence-corrected chi connectivity index (χ2v) is 16.4. The number of pyridine rings is 1. The summed E-state index contributed by atoms with van der Waals surface area (Å²) in [5, 5.41) is 0.852. The summed E-state index contributed by atoms with van der Waals surface area (Å²) in [4.78, 5) is 33.7. The molecule has 0 atom stereocenters. The van der Waals surface area contributed by atoms with E-state index in [2.05, 4.69) is 24.6 Å². The third kappa shape index (κ3) is 4.95. The van der Waals surface area contributed by atoms with Crippen molar-refractivity contribution in [2.75, 3.05) is 13.7 Å². The van der Waals surface area contributed by atoms with Crippen LogP contribution in [0.4, 0.5) is 4.39 Å². The Morgan fingerprint density at radius 2 is 1.89 bits per heavy atom. The van der Waals surface area contributed by atoms with E-state index >= 15 is 0 Å². The van der Waals surface area contributed by atoms with Crippen LogP contribution in [0.25, 0.3) is 33.6 Å². The number of ketones is 1. The molecule has 0 radical (unpaired) electrons. The number of carbonyl (C=O) groups is 2. The Kier molecular flexibility index (Phi) is 6.49. The molecule has 0 saturated heterocycles. The van der Waals surface area contributed by atoms with Crippen molar-refractivity contribution in [1.29, 1.82) is 0 Å². The molecule has 3 heterocycles. The minimum Gasteiger partial charge on any atom is -0.465 e. The van der Waals surface area contributed by atoms with Crippen molar-refractivity contribution in [3.05, 3.63) is 47.4 Å². The largest absolute Gasteiger partial charge is 0.465 e. The molecule has 1 aliphatic carbocycles. The number of imidazole rings is 1. The van der Waals surface area contributed by atoms with Gasteiger partial charge in [-0.3, -0.25) is 9.36 Å². The minimum atomic E-state index is -1.28. The Labute approximate surface area is 215 Å². The molecular weight excluding hydrogens is 491 g/mol. The molecule has 1 aromatic carbocycles. The van der Waals surface area contributed by atoms with Gasteiger partial charge in [-0.15, -0.1) is 0 Å². The summed E-state index contributed by atoms with van der Waals surface area (Å²) in [7, 11) is -0.0545. The van der Waals surface area contributed by atoms with Crippen LogP contribution in [0.2, 0.25) is 25.7 Å². The van der Waals surface area contributed by atoms with Crippen LogP contribution < -0.4 is 0 Å². The number of aromatic nitrogens is 4. The standard InChI is InChI=1S/C27H31FN4O4Si/c1-16(33)21-9-6-17-12-24(31(25(17)29-21)15-36-10-11-37(3,4)5)26-30-22-13-19(27(34)35-2)20(28)14-23(22)32(26)18-7-8-18/h6,9,12-14,18H,7-8,10-11,15H2,1-5H3. The first kappa shape index (κ1) is 25.3. The lowest BCUT2D eigenvalue weighted by Gasteiger charge is -2.17. The first-order chi connectivity index (χ1) is 17.6. The fourth-order valence-corrected chi connectivity index (χ4v) is 5.20. The average molecular weight is 523 g/mol. The van der Waals surface area contributed by atoms with E-state index in [9.17, 15) is 14.0 Å². The molecule has 0 spiro atoms. The molecule has 5 rings (SSSR count). The van der Waals surface area contributed by atoms with Crippen molar-refractivity contribution in [1.82, 2.24) is 19.1 Å². The molecule has 37 heavy (non-hydrogen) atoms. The molecule has 0 N–H and O–H groups in total. The van der Waals surface area contributed by atoms with E-state index < -0.39 is 19.9 Å². The Morgan fingerprint density at radius 1 is 1.14 bits per heavy atom. The Bertz CT molecular complexity index is 1530. The van der Waals surface area contributed by atoms with Crippen molar-refractivity contribution in [2.24, 2.45) is 0 Å². The van der Waals surface area contributed by atoms with Gasteiger partial charge in [-0.25, -0.2) is 19.2 Å². The summed E-state index contributed by atoms with van der Waals surface area (Å²) in [6.07, 6.45) is 1.91. The van der Waals surface area contributed by atoms with E-state index in [1.165, 1.54) is 26.2 Å². The molecule has 1 fully saturated rings. The van der Waals surface area contributed by atoms with E-state index in [0.29, 0.717) is 34.8 Å². The molecule has 0 bridgehead atoms. The maximum absolute atomic E-state index is 14.9. The zero-order valence-electron chi connectivity index (χ0n) is 21.8. The lowest BCUT2D eigenvalue weighted by molar-refractivity contribution is 0.0595. The van der Waals surface area contributed by atoms with Gasteiger partial charge in [0.1, 0.15) is 23.9 Å². The molecule has 4 aromatic rings. The Balaban J connectivity index is 1.67. The molecule has 1 saturated carbocycles. The molecule has 3 aromatic heterocycles. The highest BCUT2D eigenvalue weighted by atomic mass is 28.3. The third-order valence-electron chi connectivity index (χ3n) is 6.65. The highest BCUT2D eigenvalue weighted by Crippen LogP contribution is 2.42. The highest BCUT2D eigenvalue weighted by Gasteiger charge is 2.31. The Hall–Kier alpha value is -3.37. The normalized spacial score (nSPS) is 14.0. The van der Waals surface area contributed by atoms with E-state index in [-0.39, 0.29) is 24.1 Å². The van der Waals surface area contributed by atoms with Gasteiger partial charge in [0.15, 0.2) is 11.6 Å². The quantitative estimate of drug-likeness (QED) is 0.119. The number of fused-ring (bicyclic) bond motifs is 2. The van der Waals surface area contributed by atoms with Crippen LogP contribution in [0.3, 0.4) is 0 Å². The summed E-state index contributed by atoms with van der Waals surface area (Å²) in [6, 6.07) is 9.58. The van der Waals surface area contributed by atoms with E-state index in [1.54, 1.807) is 6.07 Å². The van der Waals surface area contributed by atoms with Crippen LogP contribution in [0, 0.1) is 5.82 Å². The zero-order chi connectivity index (χ0) is 26.5. The van der Waals surface area contributed by atoms with Gasteiger partial charge in [-0.2, -0.15) is 0 Å². The van der Waals surface area contributed by atoms with Crippen molar-refractivity contribution in [2.45, 2.75) is 58.2 Å². The van der Waals surface area contributed by atoms with Gasteiger partial charge in [-0.05, 0) is 43.2 Å². The third-order valence-corrected chi connectivity index (χ3v) is 8.35. The fraction of sp³-hybridized carbons (Fsp3) is 0.407. The second kappa shape index (κ2) is 9.49. The number of carbonyl (C=O) groups excluding carboxylic acids is 2. The van der Waals surface area contributed by atoms with Gasteiger partial charge in [0.25, 0.3) is 0 Å². The van der Waals surface area contributed by atoms with E-state index in [0.717, 1.165) is 30.0 Å². The number of methoxy groups -OCH3 is 1. The van der Waals surface area contributed by atoms with E-state index in [1.807, 2.05) is 21.3 Å². The van der Waals surface area contributed by atoms with Crippen LogP contribution in [-0.2, 0) is 16.2 Å². The van der Waals surface area contributed by atoms with Crippen molar-refractivity contribution in [3.8, 4) is 11.5 Å². The molecule has 0 amide bonds. The zero-order valence-corrected chi connectivity index (χ0v) is 22.8. The molecule has 0 unspecified atom stereocenters. The number of ether oxygens (including phenoxy) is 2. The molecule has 1 aliphatic rings. The van der Waals surface area contributed by atoms with Crippen molar-refractivity contribution < 1.29 is 23.5 Å². The summed E-state index contributed by atoms with van der Waals surface area (Å²) in [5.41, 5.74) is 2.76. The maximum atomic E-state index is 14.9. The molecule has 8 nitrogen and oxygen atoms in total. The maximum Gasteiger partial charge on any atom is 0.340 e. The van der Waals surface area contributed by atoms with Gasteiger partial charge < -0.3 is 14.0 Å². The van der Waals surface area contributed by atoms with Gasteiger partial charge >= 0.3 is 5.97 Å². The number of rotatable bonds is 9. The number of benzene rings is 1. The number of esters is 1. The average Bonchev–Trinajstić information content (AvgIpc) is 3.52. The van der Waals surface area contributed by atoms with Gasteiger partial charge in [0, 0.05) is 39.1 Å². The SMILES string of the molecule is COC(=O)c1cc2nc(-c3cc4ccc(C(C)=O)nc4n3COCC[Si](C)(C)C)n(C3CC3)c2cc1F. The molecule has 10 heteroatoms. The molecule has 194 valence electrons. The molecular formula is C27H31FN4O4Si. The fourth-order valence-electron chi connectivity index (χ4n) is 4.44. The first-order valence-corrected chi connectivity index (χ1v) is 16.2. The highest BCUT2D eigenvalue weighted by molar-refractivity contribution is 6.76. The van der Waals surface area contributed by atoms with Crippen LogP contribution in [0.1, 0.15) is 46.7 Å². The number of hydrogen-bond acceptors (Lipinski definition) is 6.